The average Bonchev–Trinajstić information content (AvgIpc) is 1.94. The van der Waals surface area contributed by atoms with Gasteiger partial charge in [0.1, 0.15) is 0 Å². The summed E-state index contributed by atoms with van der Waals surface area (Å²) in [7, 11) is 0. The van der Waals surface area contributed by atoms with Gasteiger partial charge in [0.25, 0.3) is 0 Å². The predicted octanol–water partition coefficient (Wildman–Crippen LogP) is 3.95. The molecule has 0 aromatic rings. The summed E-state index contributed by atoms with van der Waals surface area (Å²) in [5.74, 6) is 0. The molecule has 0 heteroatoms. The van der Waals surface area contributed by atoms with E-state index in [1.165, 1.54) is 18.4 Å². The van der Waals surface area contributed by atoms with Gasteiger partial charge in [-0.25, -0.2) is 0 Å². The second-order valence-electron chi connectivity index (χ2n) is 1.93. The predicted molar refractivity (Wildman–Crippen MR) is 50.2 cm³/mol. The molecule has 0 radical (unpaired) electrons. The highest BCUT2D eigenvalue weighted by atomic mass is 13.9. The van der Waals surface area contributed by atoms with E-state index < -0.39 is 0 Å². The quantitative estimate of drug-likeness (QED) is 0.478. The first-order chi connectivity index (χ1) is 4.39. The molecule has 0 fully saturated rings. The van der Waals surface area contributed by atoms with Crippen LogP contribution in [0.3, 0.4) is 0 Å². The van der Waals surface area contributed by atoms with Crippen LogP contribution in [-0.4, -0.2) is 0 Å². The van der Waals surface area contributed by atoms with Crippen LogP contribution in [0.5, 0.6) is 0 Å². The van der Waals surface area contributed by atoms with E-state index in [1.54, 1.807) is 0 Å². The maximum absolute atomic E-state index is 2.26. The highest BCUT2D eigenvalue weighted by Gasteiger charge is 1.86. The van der Waals surface area contributed by atoms with E-state index in [0.717, 1.165) is 0 Å². The normalized spacial score (nSPS) is 14.1. The van der Waals surface area contributed by atoms with Crippen molar-refractivity contribution < 1.29 is 0 Å². The molecule has 0 bridgehead atoms. The lowest BCUT2D eigenvalue weighted by atomic mass is 10.1. The Morgan fingerprint density at radius 3 is 2.00 bits per heavy atom. The molecule has 0 saturated heterocycles. The minimum Gasteiger partial charge on any atom is -0.0840 e. The lowest BCUT2D eigenvalue weighted by molar-refractivity contribution is 1.02. The summed E-state index contributed by atoms with van der Waals surface area (Å²) < 4.78 is 0. The van der Waals surface area contributed by atoms with Gasteiger partial charge in [-0.2, -0.15) is 0 Å². The van der Waals surface area contributed by atoms with Gasteiger partial charge in [0, 0.05) is 0 Å². The first-order valence-electron chi connectivity index (χ1n) is 3.73. The molecule has 1 rings (SSSR count). The van der Waals surface area contributed by atoms with Crippen LogP contribution in [0.15, 0.2) is 23.8 Å². The zero-order chi connectivity index (χ0) is 7.11. The number of allylic oxidation sites excluding steroid dienone is 4. The summed E-state index contributed by atoms with van der Waals surface area (Å²) in [6, 6.07) is 0. The third-order valence-electron chi connectivity index (χ3n) is 1.18. The van der Waals surface area contributed by atoms with Crippen LogP contribution in [0.2, 0.25) is 0 Å². The molecular formula is C10H20. The third kappa shape index (κ3) is 5.61. The monoisotopic (exact) mass is 140 g/mol. The van der Waals surface area contributed by atoms with Gasteiger partial charge in [0.15, 0.2) is 0 Å². The highest BCUT2D eigenvalue weighted by molar-refractivity contribution is 5.18. The number of hydrogen-bond donors (Lipinski definition) is 0. The Labute approximate surface area is 65.7 Å². The highest BCUT2D eigenvalue weighted by Crippen LogP contribution is 2.06. The van der Waals surface area contributed by atoms with E-state index in [4.69, 9.17) is 0 Å². The van der Waals surface area contributed by atoms with Crippen molar-refractivity contribution in [3.05, 3.63) is 23.8 Å². The maximum Gasteiger partial charge on any atom is -0.0310 e. The van der Waals surface area contributed by atoms with Crippen LogP contribution < -0.4 is 0 Å². The van der Waals surface area contributed by atoms with Gasteiger partial charge in [-0.15, -0.1) is 0 Å². The summed E-state index contributed by atoms with van der Waals surface area (Å²) in [6.07, 6.45) is 9.12. The molecule has 0 aliphatic heterocycles. The Balaban J connectivity index is 0. The summed E-state index contributed by atoms with van der Waals surface area (Å²) >= 11 is 0. The zero-order valence-electron chi connectivity index (χ0n) is 6.65. The molecular weight excluding hydrogens is 120 g/mol. The molecule has 0 unspecified atom stereocenters. The summed E-state index contributed by atoms with van der Waals surface area (Å²) in [4.78, 5) is 0. The van der Waals surface area contributed by atoms with E-state index in [2.05, 4.69) is 25.2 Å². The number of hydrogen-bond acceptors (Lipinski definition) is 0. The fraction of sp³-hybridized carbons (Fsp3) is 0.600. The van der Waals surface area contributed by atoms with Crippen molar-refractivity contribution in [2.75, 3.05) is 0 Å². The molecule has 0 atom stereocenters. The Kier molecular flexibility index (Phi) is 10.3. The van der Waals surface area contributed by atoms with Gasteiger partial charge >= 0.3 is 0 Å². The maximum atomic E-state index is 2.26. The lowest BCUT2D eigenvalue weighted by Crippen LogP contribution is -1.76. The molecule has 0 aromatic carbocycles. The average molecular weight is 140 g/mol. The first kappa shape index (κ1) is 12.2. The fourth-order valence-electron chi connectivity index (χ4n) is 0.744. The van der Waals surface area contributed by atoms with Gasteiger partial charge in [0.05, 0.1) is 0 Å². The Hall–Kier alpha value is -0.520. The molecule has 0 saturated carbocycles. The van der Waals surface area contributed by atoms with Gasteiger partial charge in [0.2, 0.25) is 0 Å². The summed E-state index contributed by atoms with van der Waals surface area (Å²) in [6.45, 7) is 6.13. The fourth-order valence-corrected chi connectivity index (χ4v) is 0.744. The van der Waals surface area contributed by atoms with Crippen LogP contribution in [-0.2, 0) is 0 Å². The molecule has 1 aliphatic carbocycles. The van der Waals surface area contributed by atoms with Crippen molar-refractivity contribution in [2.24, 2.45) is 0 Å². The van der Waals surface area contributed by atoms with Crippen LogP contribution in [0.25, 0.3) is 0 Å². The molecule has 0 spiro atoms. The minimum atomic E-state index is 0. The summed E-state index contributed by atoms with van der Waals surface area (Å²) in [5.41, 5.74) is 1.41. The zero-order valence-corrected chi connectivity index (χ0v) is 6.65. The van der Waals surface area contributed by atoms with Crippen LogP contribution >= 0.6 is 0 Å². The van der Waals surface area contributed by atoms with Gasteiger partial charge < -0.3 is 0 Å². The van der Waals surface area contributed by atoms with Crippen molar-refractivity contribution in [1.29, 1.82) is 0 Å². The Bertz CT molecular complexity index is 107. The first-order valence-corrected chi connectivity index (χ1v) is 3.73. The molecule has 10 heavy (non-hydrogen) atoms. The standard InChI is InChI=1S/C7H10.C2H6.CH4/c1-7-5-3-2-4-6-7;1-2;/h3,5-6H,2,4H2,1H3;1-2H3;1H4. The molecule has 0 aromatic heterocycles. The molecule has 1 aliphatic rings. The van der Waals surface area contributed by atoms with Crippen molar-refractivity contribution in [3.8, 4) is 0 Å². The van der Waals surface area contributed by atoms with E-state index in [0.29, 0.717) is 0 Å². The second-order valence-corrected chi connectivity index (χ2v) is 1.93. The van der Waals surface area contributed by atoms with Crippen LogP contribution in [0, 0.1) is 0 Å². The molecule has 60 valence electrons. The SMILES string of the molecule is C.CC.CC1=CCCC=C1. The van der Waals surface area contributed by atoms with Crippen LogP contribution in [0.4, 0.5) is 0 Å². The van der Waals surface area contributed by atoms with Gasteiger partial charge in [-0.3, -0.25) is 0 Å². The van der Waals surface area contributed by atoms with Gasteiger partial charge in [-0.1, -0.05) is 45.1 Å². The minimum absolute atomic E-state index is 0. The lowest BCUT2D eigenvalue weighted by Gasteiger charge is -1.96. The summed E-state index contributed by atoms with van der Waals surface area (Å²) in [5, 5.41) is 0. The number of rotatable bonds is 0. The smallest absolute Gasteiger partial charge is 0.0310 e. The van der Waals surface area contributed by atoms with Crippen molar-refractivity contribution in [3.63, 3.8) is 0 Å². The molecule has 0 amide bonds. The van der Waals surface area contributed by atoms with E-state index in [1.807, 2.05) is 13.8 Å². The third-order valence-corrected chi connectivity index (χ3v) is 1.18. The van der Waals surface area contributed by atoms with E-state index in [9.17, 15) is 0 Å². The van der Waals surface area contributed by atoms with Crippen molar-refractivity contribution in [2.45, 2.75) is 41.0 Å². The largest absolute Gasteiger partial charge is 0.0840 e. The van der Waals surface area contributed by atoms with Crippen molar-refractivity contribution >= 4 is 0 Å². The van der Waals surface area contributed by atoms with E-state index in [-0.39, 0.29) is 7.43 Å². The topological polar surface area (TPSA) is 0 Å². The Morgan fingerprint density at radius 1 is 1.20 bits per heavy atom. The second kappa shape index (κ2) is 8.48. The molecule has 0 N–H and O–H groups in total. The van der Waals surface area contributed by atoms with Crippen LogP contribution in [0.1, 0.15) is 41.0 Å². The Morgan fingerprint density at radius 2 is 1.80 bits per heavy atom. The molecule has 0 nitrogen and oxygen atoms in total. The molecule has 0 heterocycles. The van der Waals surface area contributed by atoms with Crippen molar-refractivity contribution in [1.82, 2.24) is 0 Å². The van der Waals surface area contributed by atoms with Gasteiger partial charge in [-0.05, 0) is 19.8 Å². The van der Waals surface area contributed by atoms with E-state index >= 15 is 0 Å².